The van der Waals surface area contributed by atoms with Crippen LogP contribution in [0.15, 0.2) is 65.1 Å². The monoisotopic (exact) mass is 461 g/mol. The number of hydrazone groups is 1. The standard InChI is InChI=1S/C21H14F3N3O2S2/c1-29-15-7-8-17-18(11-15)31-20(26-17)27(25-12-16-6-3-9-30-16)19(28)13-4-2-5-14(10-13)21(22,23)24/h2-12H,1H3/b25-12+. The van der Waals surface area contributed by atoms with E-state index in [9.17, 15) is 18.0 Å². The van der Waals surface area contributed by atoms with Crippen LogP contribution in [0.1, 0.15) is 20.8 Å². The van der Waals surface area contributed by atoms with Gasteiger partial charge in [-0.1, -0.05) is 23.5 Å². The highest BCUT2D eigenvalue weighted by Crippen LogP contribution is 2.34. The maximum Gasteiger partial charge on any atom is 0.416 e. The zero-order valence-corrected chi connectivity index (χ0v) is 17.6. The molecule has 0 aliphatic rings. The SMILES string of the molecule is COc1ccc2nc(N(/N=C/c3cccs3)C(=O)c3cccc(C(F)(F)F)c3)sc2c1. The molecule has 4 aromatic rings. The molecule has 2 aromatic carbocycles. The zero-order valence-electron chi connectivity index (χ0n) is 16.0. The number of carbonyl (C=O) groups excluding carboxylic acids is 1. The Bertz CT molecular complexity index is 1250. The van der Waals surface area contributed by atoms with Gasteiger partial charge < -0.3 is 4.74 Å². The molecule has 2 aromatic heterocycles. The Kier molecular flexibility index (Phi) is 5.75. The molecule has 0 bridgehead atoms. The topological polar surface area (TPSA) is 54.8 Å². The van der Waals surface area contributed by atoms with Gasteiger partial charge in [0, 0.05) is 10.4 Å². The predicted molar refractivity (Wildman–Crippen MR) is 116 cm³/mol. The molecule has 0 unspecified atom stereocenters. The lowest BCUT2D eigenvalue weighted by Gasteiger charge is -2.15. The number of hydrogen-bond donors (Lipinski definition) is 0. The molecule has 0 aliphatic heterocycles. The molecule has 2 heterocycles. The number of alkyl halides is 3. The molecule has 4 rings (SSSR count). The van der Waals surface area contributed by atoms with Crippen molar-refractivity contribution in [3.05, 3.63) is 76.0 Å². The fourth-order valence-corrected chi connectivity index (χ4v) is 4.26. The molecule has 0 fully saturated rings. The van der Waals surface area contributed by atoms with E-state index >= 15 is 0 Å². The van der Waals surface area contributed by atoms with Crippen LogP contribution in [0.4, 0.5) is 18.3 Å². The Morgan fingerprint density at radius 1 is 1.16 bits per heavy atom. The minimum absolute atomic E-state index is 0.144. The average Bonchev–Trinajstić information content (AvgIpc) is 3.42. The minimum atomic E-state index is -4.56. The second-order valence-corrected chi connectivity index (χ2v) is 8.27. The number of thiophene rings is 1. The fourth-order valence-electron chi connectivity index (χ4n) is 2.73. The van der Waals surface area contributed by atoms with Crippen molar-refractivity contribution in [1.82, 2.24) is 4.98 Å². The van der Waals surface area contributed by atoms with Gasteiger partial charge in [0.05, 0.1) is 29.1 Å². The number of halogens is 3. The third-order valence-corrected chi connectivity index (χ3v) is 6.04. The summed E-state index contributed by atoms with van der Waals surface area (Å²) in [6, 6.07) is 13.1. The van der Waals surface area contributed by atoms with Gasteiger partial charge in [-0.25, -0.2) is 4.98 Å². The number of fused-ring (bicyclic) bond motifs is 1. The lowest BCUT2D eigenvalue weighted by Crippen LogP contribution is -2.26. The van der Waals surface area contributed by atoms with Crippen LogP contribution < -0.4 is 9.75 Å². The van der Waals surface area contributed by atoms with Gasteiger partial charge in [-0.3, -0.25) is 4.79 Å². The van der Waals surface area contributed by atoms with E-state index in [4.69, 9.17) is 4.74 Å². The van der Waals surface area contributed by atoms with E-state index in [-0.39, 0.29) is 10.7 Å². The lowest BCUT2D eigenvalue weighted by molar-refractivity contribution is -0.137. The number of nitrogens with zero attached hydrogens (tertiary/aromatic N) is 3. The van der Waals surface area contributed by atoms with Crippen LogP contribution in [0.3, 0.4) is 0 Å². The number of amides is 1. The number of methoxy groups -OCH3 is 1. The normalized spacial score (nSPS) is 11.9. The summed E-state index contributed by atoms with van der Waals surface area (Å²) in [5.74, 6) is -0.0922. The Morgan fingerprint density at radius 2 is 2.00 bits per heavy atom. The van der Waals surface area contributed by atoms with Crippen molar-refractivity contribution < 1.29 is 22.7 Å². The average molecular weight is 461 g/mol. The summed E-state index contributed by atoms with van der Waals surface area (Å²) in [7, 11) is 1.54. The molecule has 0 N–H and O–H groups in total. The highest BCUT2D eigenvalue weighted by atomic mass is 32.1. The van der Waals surface area contributed by atoms with Crippen LogP contribution in [-0.2, 0) is 6.18 Å². The van der Waals surface area contributed by atoms with Crippen LogP contribution in [0.25, 0.3) is 10.2 Å². The molecule has 0 saturated carbocycles. The molecule has 0 atom stereocenters. The van der Waals surface area contributed by atoms with Gasteiger partial charge in [-0.05, 0) is 47.8 Å². The van der Waals surface area contributed by atoms with Crippen LogP contribution in [0.2, 0.25) is 0 Å². The molecule has 0 saturated heterocycles. The van der Waals surface area contributed by atoms with Crippen LogP contribution in [-0.4, -0.2) is 24.2 Å². The molecule has 5 nitrogen and oxygen atoms in total. The van der Waals surface area contributed by atoms with Gasteiger partial charge in [-0.15, -0.1) is 11.3 Å². The first-order valence-electron chi connectivity index (χ1n) is 8.89. The summed E-state index contributed by atoms with van der Waals surface area (Å²) in [5.41, 5.74) is -0.432. The minimum Gasteiger partial charge on any atom is -0.497 e. The van der Waals surface area contributed by atoms with E-state index in [1.165, 1.54) is 48.1 Å². The third kappa shape index (κ3) is 4.59. The van der Waals surface area contributed by atoms with Crippen LogP contribution in [0.5, 0.6) is 5.75 Å². The molecule has 0 spiro atoms. The summed E-state index contributed by atoms with van der Waals surface area (Å²) >= 11 is 2.60. The predicted octanol–water partition coefficient (Wildman–Crippen LogP) is 6.07. The van der Waals surface area contributed by atoms with Gasteiger partial charge in [0.1, 0.15) is 5.75 Å². The lowest BCUT2D eigenvalue weighted by atomic mass is 10.1. The van der Waals surface area contributed by atoms with Crippen molar-refractivity contribution in [3.8, 4) is 5.75 Å². The molecule has 0 radical (unpaired) electrons. The van der Waals surface area contributed by atoms with Gasteiger partial charge in [0.15, 0.2) is 0 Å². The van der Waals surface area contributed by atoms with E-state index in [0.717, 1.165) is 26.7 Å². The van der Waals surface area contributed by atoms with E-state index in [2.05, 4.69) is 10.1 Å². The number of ether oxygens (including phenoxy) is 1. The number of carbonyl (C=O) groups is 1. The molecular formula is C21H14F3N3O2S2. The number of rotatable bonds is 5. The van der Waals surface area contributed by atoms with Crippen LogP contribution >= 0.6 is 22.7 Å². The van der Waals surface area contributed by atoms with Gasteiger partial charge in [-0.2, -0.15) is 23.3 Å². The number of anilines is 1. The van der Waals surface area contributed by atoms with E-state index in [1.807, 2.05) is 17.5 Å². The second-order valence-electron chi connectivity index (χ2n) is 6.29. The molecule has 31 heavy (non-hydrogen) atoms. The van der Waals surface area contributed by atoms with E-state index in [0.29, 0.717) is 11.3 Å². The van der Waals surface area contributed by atoms with Crippen molar-refractivity contribution in [2.45, 2.75) is 6.18 Å². The molecule has 158 valence electrons. The second kappa shape index (κ2) is 8.48. The van der Waals surface area contributed by atoms with Crippen LogP contribution in [0, 0.1) is 0 Å². The first kappa shape index (κ1) is 21.0. The summed E-state index contributed by atoms with van der Waals surface area (Å²) in [6.07, 6.45) is -3.09. The van der Waals surface area contributed by atoms with E-state index < -0.39 is 17.6 Å². The molecule has 10 heteroatoms. The van der Waals surface area contributed by atoms with Crippen molar-refractivity contribution >= 4 is 50.1 Å². The highest BCUT2D eigenvalue weighted by molar-refractivity contribution is 7.22. The zero-order chi connectivity index (χ0) is 22.0. The largest absolute Gasteiger partial charge is 0.497 e. The first-order chi connectivity index (χ1) is 14.8. The number of benzene rings is 2. The number of thiazole rings is 1. The van der Waals surface area contributed by atoms with Crippen molar-refractivity contribution in [2.24, 2.45) is 5.10 Å². The third-order valence-electron chi connectivity index (χ3n) is 4.24. The van der Waals surface area contributed by atoms with Gasteiger partial charge in [0.2, 0.25) is 5.13 Å². The highest BCUT2D eigenvalue weighted by Gasteiger charge is 2.32. The van der Waals surface area contributed by atoms with Crippen molar-refractivity contribution in [3.63, 3.8) is 0 Å². The Hall–Kier alpha value is -3.24. The van der Waals surface area contributed by atoms with E-state index in [1.54, 1.807) is 18.2 Å². The smallest absolute Gasteiger partial charge is 0.416 e. The molecular weight excluding hydrogens is 447 g/mol. The fraction of sp³-hybridized carbons (Fsp3) is 0.0952. The maximum absolute atomic E-state index is 13.2. The maximum atomic E-state index is 13.2. The van der Waals surface area contributed by atoms with Gasteiger partial charge in [0.25, 0.3) is 5.91 Å². The summed E-state index contributed by atoms with van der Waals surface area (Å²) in [6.45, 7) is 0. The summed E-state index contributed by atoms with van der Waals surface area (Å²) in [5, 5.41) is 7.35. The molecule has 1 amide bonds. The summed E-state index contributed by atoms with van der Waals surface area (Å²) < 4.78 is 45.3. The van der Waals surface area contributed by atoms with Crippen molar-refractivity contribution in [1.29, 1.82) is 0 Å². The number of aromatic nitrogens is 1. The Morgan fingerprint density at radius 3 is 2.71 bits per heavy atom. The quantitative estimate of drug-likeness (QED) is 0.268. The van der Waals surface area contributed by atoms with Crippen molar-refractivity contribution in [2.75, 3.05) is 12.1 Å². The van der Waals surface area contributed by atoms with Gasteiger partial charge >= 0.3 is 6.18 Å². The number of hydrogen-bond acceptors (Lipinski definition) is 6. The summed E-state index contributed by atoms with van der Waals surface area (Å²) in [4.78, 5) is 18.4. The molecule has 0 aliphatic carbocycles. The Balaban J connectivity index is 1.77. The Labute approximate surface area is 183 Å². The first-order valence-corrected chi connectivity index (χ1v) is 10.6.